The van der Waals surface area contributed by atoms with Crippen molar-refractivity contribution in [3.05, 3.63) is 36.4 Å². The van der Waals surface area contributed by atoms with Crippen LogP contribution in [0.5, 0.6) is 11.5 Å². The second-order valence-corrected chi connectivity index (χ2v) is 3.74. The van der Waals surface area contributed by atoms with Crippen molar-refractivity contribution in [3.8, 4) is 11.5 Å². The first-order chi connectivity index (χ1) is 7.35. The fraction of sp³-hybridized carbons (Fsp3) is 0.385. The van der Waals surface area contributed by atoms with Gasteiger partial charge in [-0.15, -0.1) is 6.58 Å². The summed E-state index contributed by atoms with van der Waals surface area (Å²) in [4.78, 5) is 0. The first-order valence-corrected chi connectivity index (χ1v) is 5.35. The minimum absolute atomic E-state index is 0.344. The summed E-state index contributed by atoms with van der Waals surface area (Å²) in [7, 11) is 0. The lowest BCUT2D eigenvalue weighted by Crippen LogP contribution is -1.95. The Balaban J connectivity index is 2.24. The molecule has 0 radical (unpaired) electrons. The minimum atomic E-state index is 0.344. The van der Waals surface area contributed by atoms with Crippen molar-refractivity contribution in [2.24, 2.45) is 0 Å². The smallest absolute Gasteiger partial charge is 0.231 e. The number of hydrogen-bond acceptors (Lipinski definition) is 2. The van der Waals surface area contributed by atoms with Crippen LogP contribution in [0.4, 0.5) is 0 Å². The molecule has 2 rings (SSSR count). The Labute approximate surface area is 90.5 Å². The summed E-state index contributed by atoms with van der Waals surface area (Å²) in [6.45, 7) is 6.33. The van der Waals surface area contributed by atoms with Gasteiger partial charge in [0.15, 0.2) is 11.5 Å². The van der Waals surface area contributed by atoms with E-state index in [1.165, 1.54) is 5.56 Å². The lowest BCUT2D eigenvalue weighted by molar-refractivity contribution is 0.174. The molecule has 0 saturated heterocycles. The summed E-state index contributed by atoms with van der Waals surface area (Å²) >= 11 is 0. The normalized spacial score (nSPS) is 15.0. The molecule has 1 unspecified atom stereocenters. The number of benzene rings is 1. The number of ether oxygens (including phenoxy) is 2. The maximum Gasteiger partial charge on any atom is 0.231 e. The highest BCUT2D eigenvalue weighted by Crippen LogP contribution is 2.36. The van der Waals surface area contributed by atoms with Gasteiger partial charge in [0.2, 0.25) is 6.79 Å². The zero-order valence-electron chi connectivity index (χ0n) is 9.03. The number of allylic oxidation sites excluding steroid dienone is 1. The van der Waals surface area contributed by atoms with Gasteiger partial charge in [-0.2, -0.15) is 0 Å². The second-order valence-electron chi connectivity index (χ2n) is 3.74. The van der Waals surface area contributed by atoms with E-state index < -0.39 is 0 Å². The van der Waals surface area contributed by atoms with E-state index in [0.717, 1.165) is 24.3 Å². The van der Waals surface area contributed by atoms with Crippen LogP contribution in [0.2, 0.25) is 0 Å². The van der Waals surface area contributed by atoms with Gasteiger partial charge in [-0.05, 0) is 36.5 Å². The maximum atomic E-state index is 5.36. The molecule has 1 aliphatic heterocycles. The molecule has 0 amide bonds. The molecule has 0 fully saturated rings. The highest BCUT2D eigenvalue weighted by molar-refractivity contribution is 5.45. The van der Waals surface area contributed by atoms with Crippen LogP contribution in [-0.2, 0) is 0 Å². The van der Waals surface area contributed by atoms with Crippen LogP contribution >= 0.6 is 0 Å². The fourth-order valence-electron chi connectivity index (χ4n) is 1.91. The summed E-state index contributed by atoms with van der Waals surface area (Å²) < 4.78 is 10.6. The summed E-state index contributed by atoms with van der Waals surface area (Å²) in [6, 6.07) is 6.19. The molecule has 0 saturated carbocycles. The third-order valence-corrected chi connectivity index (χ3v) is 2.81. The number of hydrogen-bond donors (Lipinski definition) is 0. The van der Waals surface area contributed by atoms with Gasteiger partial charge in [-0.1, -0.05) is 19.1 Å². The molecule has 1 aromatic rings. The van der Waals surface area contributed by atoms with Gasteiger partial charge in [0.1, 0.15) is 0 Å². The fourth-order valence-corrected chi connectivity index (χ4v) is 1.91. The van der Waals surface area contributed by atoms with E-state index in [1.807, 2.05) is 12.1 Å². The lowest BCUT2D eigenvalue weighted by Gasteiger charge is -2.13. The van der Waals surface area contributed by atoms with Gasteiger partial charge >= 0.3 is 0 Å². The van der Waals surface area contributed by atoms with Gasteiger partial charge in [-0.25, -0.2) is 0 Å². The molecule has 1 heterocycles. The van der Waals surface area contributed by atoms with Crippen molar-refractivity contribution in [1.82, 2.24) is 0 Å². The van der Waals surface area contributed by atoms with Crippen molar-refractivity contribution < 1.29 is 9.47 Å². The monoisotopic (exact) mass is 204 g/mol. The summed E-state index contributed by atoms with van der Waals surface area (Å²) in [5.41, 5.74) is 1.31. The van der Waals surface area contributed by atoms with E-state index in [4.69, 9.17) is 9.47 Å². The van der Waals surface area contributed by atoms with Gasteiger partial charge < -0.3 is 9.47 Å². The van der Waals surface area contributed by atoms with E-state index in [2.05, 4.69) is 25.6 Å². The van der Waals surface area contributed by atoms with Crippen LogP contribution in [0.15, 0.2) is 30.9 Å². The predicted octanol–water partition coefficient (Wildman–Crippen LogP) is 3.49. The number of fused-ring (bicyclic) bond motifs is 1. The summed E-state index contributed by atoms with van der Waals surface area (Å²) in [5, 5.41) is 0. The van der Waals surface area contributed by atoms with E-state index in [-0.39, 0.29) is 0 Å². The van der Waals surface area contributed by atoms with Crippen molar-refractivity contribution >= 4 is 0 Å². The molecule has 80 valence electrons. The highest BCUT2D eigenvalue weighted by atomic mass is 16.7. The first-order valence-electron chi connectivity index (χ1n) is 5.35. The van der Waals surface area contributed by atoms with Crippen molar-refractivity contribution in [1.29, 1.82) is 0 Å². The van der Waals surface area contributed by atoms with Crippen LogP contribution in [0.25, 0.3) is 0 Å². The first kappa shape index (κ1) is 10.1. The topological polar surface area (TPSA) is 18.5 Å². The van der Waals surface area contributed by atoms with E-state index >= 15 is 0 Å². The average molecular weight is 204 g/mol. The molecular weight excluding hydrogens is 188 g/mol. The molecule has 2 heteroatoms. The van der Waals surface area contributed by atoms with Crippen molar-refractivity contribution in [2.75, 3.05) is 6.79 Å². The molecule has 15 heavy (non-hydrogen) atoms. The predicted molar refractivity (Wildman–Crippen MR) is 60.4 cm³/mol. The molecular formula is C13H16O2. The Morgan fingerprint density at radius 2 is 2.20 bits per heavy atom. The van der Waals surface area contributed by atoms with Gasteiger partial charge in [0, 0.05) is 0 Å². The molecule has 1 aromatic carbocycles. The molecule has 2 nitrogen and oxygen atoms in total. The van der Waals surface area contributed by atoms with Gasteiger partial charge in [0.05, 0.1) is 0 Å². The standard InChI is InChI=1S/C13H16O2/c1-3-5-10(4-2)11-6-7-12-13(8-11)15-9-14-12/h3,6-8,10H,1,4-5,9H2,2H3. The molecule has 0 aromatic heterocycles. The molecule has 0 N–H and O–H groups in total. The van der Waals surface area contributed by atoms with Crippen LogP contribution < -0.4 is 9.47 Å². The molecule has 0 bridgehead atoms. The molecule has 1 aliphatic rings. The summed E-state index contributed by atoms with van der Waals surface area (Å²) in [5.74, 6) is 2.26. The second kappa shape index (κ2) is 4.39. The number of rotatable bonds is 4. The quantitative estimate of drug-likeness (QED) is 0.699. The van der Waals surface area contributed by atoms with E-state index in [0.29, 0.717) is 12.7 Å². The third-order valence-electron chi connectivity index (χ3n) is 2.81. The van der Waals surface area contributed by atoms with E-state index in [1.54, 1.807) is 0 Å². The van der Waals surface area contributed by atoms with Crippen LogP contribution in [0.1, 0.15) is 31.2 Å². The van der Waals surface area contributed by atoms with Crippen molar-refractivity contribution in [3.63, 3.8) is 0 Å². The Morgan fingerprint density at radius 1 is 1.40 bits per heavy atom. The molecule has 0 spiro atoms. The van der Waals surface area contributed by atoms with Gasteiger partial charge in [-0.3, -0.25) is 0 Å². The zero-order chi connectivity index (χ0) is 10.7. The summed E-state index contributed by atoms with van der Waals surface area (Å²) in [6.07, 6.45) is 4.10. The van der Waals surface area contributed by atoms with Crippen LogP contribution in [-0.4, -0.2) is 6.79 Å². The average Bonchev–Trinajstić information content (AvgIpc) is 2.72. The minimum Gasteiger partial charge on any atom is -0.454 e. The Hall–Kier alpha value is -1.44. The Morgan fingerprint density at radius 3 is 2.93 bits per heavy atom. The largest absolute Gasteiger partial charge is 0.454 e. The Bertz CT molecular complexity index is 358. The zero-order valence-corrected chi connectivity index (χ0v) is 9.03. The molecule has 1 atom stereocenters. The maximum absolute atomic E-state index is 5.36. The van der Waals surface area contributed by atoms with Crippen LogP contribution in [0.3, 0.4) is 0 Å². The van der Waals surface area contributed by atoms with Crippen molar-refractivity contribution in [2.45, 2.75) is 25.7 Å². The highest BCUT2D eigenvalue weighted by Gasteiger charge is 2.16. The molecule has 0 aliphatic carbocycles. The SMILES string of the molecule is C=CCC(CC)c1ccc2c(c1)OCO2. The Kier molecular flexibility index (Phi) is 2.95. The van der Waals surface area contributed by atoms with E-state index in [9.17, 15) is 0 Å². The lowest BCUT2D eigenvalue weighted by atomic mass is 9.93. The van der Waals surface area contributed by atoms with Gasteiger partial charge in [0.25, 0.3) is 0 Å². The van der Waals surface area contributed by atoms with Crippen LogP contribution in [0, 0.1) is 0 Å². The third kappa shape index (κ3) is 1.99.